The molecule has 0 bridgehead atoms. The second kappa shape index (κ2) is 3.09. The van der Waals surface area contributed by atoms with Gasteiger partial charge in [-0.2, -0.15) is 0 Å². The summed E-state index contributed by atoms with van der Waals surface area (Å²) in [6, 6.07) is 2.09. The van der Waals surface area contributed by atoms with Crippen molar-refractivity contribution in [2.24, 2.45) is 5.92 Å². The van der Waals surface area contributed by atoms with Crippen LogP contribution in [0.25, 0.3) is 0 Å². The van der Waals surface area contributed by atoms with Crippen LogP contribution in [0.3, 0.4) is 0 Å². The molecule has 0 aliphatic carbocycles. The van der Waals surface area contributed by atoms with Crippen molar-refractivity contribution in [2.45, 2.75) is 26.2 Å². The van der Waals surface area contributed by atoms with Crippen LogP contribution in [0.1, 0.15) is 31.1 Å². The highest BCUT2D eigenvalue weighted by Crippen LogP contribution is 2.41. The lowest BCUT2D eigenvalue weighted by Gasteiger charge is -2.25. The summed E-state index contributed by atoms with van der Waals surface area (Å²) in [4.78, 5) is 1.45. The summed E-state index contributed by atoms with van der Waals surface area (Å²) in [5, 5.41) is 2.13. The van der Waals surface area contributed by atoms with E-state index in [1.165, 1.54) is 11.3 Å². The smallest absolute Gasteiger partial charge is 0.133 e. The normalized spacial score (nSPS) is 22.1. The Bertz CT molecular complexity index is 265. The SMILES string of the molecule is CC(C)[C@H]1CCOc2ccsc21. The summed E-state index contributed by atoms with van der Waals surface area (Å²) in [6.07, 6.45) is 1.19. The largest absolute Gasteiger partial charge is 0.492 e. The minimum absolute atomic E-state index is 0.730. The fourth-order valence-electron chi connectivity index (χ4n) is 1.76. The molecule has 12 heavy (non-hydrogen) atoms. The molecule has 0 unspecified atom stereocenters. The zero-order chi connectivity index (χ0) is 8.55. The van der Waals surface area contributed by atoms with Gasteiger partial charge in [0.15, 0.2) is 0 Å². The molecule has 0 fully saturated rings. The predicted molar refractivity (Wildman–Crippen MR) is 52.0 cm³/mol. The molecule has 0 saturated carbocycles. The van der Waals surface area contributed by atoms with Gasteiger partial charge in [-0.15, -0.1) is 11.3 Å². The van der Waals surface area contributed by atoms with Crippen molar-refractivity contribution in [3.05, 3.63) is 16.3 Å². The van der Waals surface area contributed by atoms with E-state index in [9.17, 15) is 0 Å². The Kier molecular flexibility index (Phi) is 2.09. The van der Waals surface area contributed by atoms with Crippen LogP contribution in [-0.4, -0.2) is 6.61 Å². The minimum atomic E-state index is 0.730. The number of hydrogen-bond acceptors (Lipinski definition) is 2. The number of hydrogen-bond donors (Lipinski definition) is 0. The third kappa shape index (κ3) is 1.24. The maximum absolute atomic E-state index is 5.55. The quantitative estimate of drug-likeness (QED) is 0.647. The summed E-state index contributed by atoms with van der Waals surface area (Å²) in [5.41, 5.74) is 0. The van der Waals surface area contributed by atoms with Crippen molar-refractivity contribution in [2.75, 3.05) is 6.61 Å². The molecule has 1 aromatic rings. The molecule has 2 heterocycles. The molecule has 0 amide bonds. The van der Waals surface area contributed by atoms with Gasteiger partial charge in [-0.05, 0) is 23.8 Å². The van der Waals surface area contributed by atoms with Crippen LogP contribution in [-0.2, 0) is 0 Å². The zero-order valence-corrected chi connectivity index (χ0v) is 8.36. The van der Waals surface area contributed by atoms with E-state index in [-0.39, 0.29) is 0 Å². The van der Waals surface area contributed by atoms with Gasteiger partial charge >= 0.3 is 0 Å². The second-order valence-corrected chi connectivity index (χ2v) is 4.58. The van der Waals surface area contributed by atoms with Gasteiger partial charge in [-0.3, -0.25) is 0 Å². The Morgan fingerprint density at radius 2 is 2.42 bits per heavy atom. The first-order chi connectivity index (χ1) is 5.79. The lowest BCUT2D eigenvalue weighted by atomic mass is 9.90. The molecule has 0 spiro atoms. The standard InChI is InChI=1S/C10H14OS/c1-7(2)8-3-5-11-9-4-6-12-10(8)9/h4,6-8H,3,5H2,1-2H3/t8-/m1/s1. The average Bonchev–Trinajstić information content (AvgIpc) is 2.49. The first-order valence-corrected chi connectivity index (χ1v) is 5.37. The van der Waals surface area contributed by atoms with Crippen LogP contribution in [0.15, 0.2) is 11.4 Å². The van der Waals surface area contributed by atoms with E-state index < -0.39 is 0 Å². The van der Waals surface area contributed by atoms with E-state index in [1.54, 1.807) is 0 Å². The topological polar surface area (TPSA) is 9.23 Å². The van der Waals surface area contributed by atoms with Gasteiger partial charge in [0.05, 0.1) is 6.61 Å². The van der Waals surface area contributed by atoms with Gasteiger partial charge in [0.25, 0.3) is 0 Å². The second-order valence-electron chi connectivity index (χ2n) is 3.64. The van der Waals surface area contributed by atoms with E-state index in [0.717, 1.165) is 24.2 Å². The molecule has 0 N–H and O–H groups in total. The highest BCUT2D eigenvalue weighted by molar-refractivity contribution is 7.10. The van der Waals surface area contributed by atoms with Crippen molar-refractivity contribution >= 4 is 11.3 Å². The molecular formula is C10H14OS. The molecule has 1 aliphatic rings. The van der Waals surface area contributed by atoms with E-state index in [0.29, 0.717) is 0 Å². The molecule has 66 valence electrons. The third-order valence-electron chi connectivity index (χ3n) is 2.49. The number of ether oxygens (including phenoxy) is 1. The van der Waals surface area contributed by atoms with Gasteiger partial charge in [0.2, 0.25) is 0 Å². The molecule has 0 aromatic carbocycles. The lowest BCUT2D eigenvalue weighted by molar-refractivity contribution is 0.252. The molecule has 2 heteroatoms. The average molecular weight is 182 g/mol. The molecule has 0 saturated heterocycles. The molecule has 1 aliphatic heterocycles. The van der Waals surface area contributed by atoms with Crippen molar-refractivity contribution in [1.29, 1.82) is 0 Å². The van der Waals surface area contributed by atoms with E-state index in [2.05, 4.69) is 25.3 Å². The first-order valence-electron chi connectivity index (χ1n) is 4.49. The van der Waals surface area contributed by atoms with Crippen molar-refractivity contribution in [1.82, 2.24) is 0 Å². The number of rotatable bonds is 1. The third-order valence-corrected chi connectivity index (χ3v) is 3.52. The molecule has 1 nitrogen and oxygen atoms in total. The molecule has 0 radical (unpaired) electrons. The number of thiophene rings is 1. The fourth-order valence-corrected chi connectivity index (χ4v) is 2.91. The highest BCUT2D eigenvalue weighted by Gasteiger charge is 2.24. The molecule has 2 rings (SSSR count). The van der Waals surface area contributed by atoms with Crippen LogP contribution < -0.4 is 4.74 Å². The van der Waals surface area contributed by atoms with E-state index in [4.69, 9.17) is 4.74 Å². The van der Waals surface area contributed by atoms with Crippen molar-refractivity contribution in [3.63, 3.8) is 0 Å². The fraction of sp³-hybridized carbons (Fsp3) is 0.600. The van der Waals surface area contributed by atoms with Gasteiger partial charge in [-0.1, -0.05) is 13.8 Å². The summed E-state index contributed by atoms with van der Waals surface area (Å²) >= 11 is 1.84. The Labute approximate surface area is 77.4 Å². The van der Waals surface area contributed by atoms with Crippen LogP contribution in [0.5, 0.6) is 5.75 Å². The van der Waals surface area contributed by atoms with E-state index >= 15 is 0 Å². The van der Waals surface area contributed by atoms with Crippen LogP contribution in [0.4, 0.5) is 0 Å². The van der Waals surface area contributed by atoms with Crippen molar-refractivity contribution < 1.29 is 4.74 Å². The maximum Gasteiger partial charge on any atom is 0.133 e. The minimum Gasteiger partial charge on any atom is -0.492 e. The Hall–Kier alpha value is -0.500. The van der Waals surface area contributed by atoms with Gasteiger partial charge < -0.3 is 4.74 Å². The van der Waals surface area contributed by atoms with Crippen LogP contribution >= 0.6 is 11.3 Å². The summed E-state index contributed by atoms with van der Waals surface area (Å²) < 4.78 is 5.55. The van der Waals surface area contributed by atoms with Crippen LogP contribution in [0, 0.1) is 5.92 Å². The maximum atomic E-state index is 5.55. The zero-order valence-electron chi connectivity index (χ0n) is 7.54. The Morgan fingerprint density at radius 1 is 1.58 bits per heavy atom. The van der Waals surface area contributed by atoms with Crippen molar-refractivity contribution in [3.8, 4) is 5.75 Å². The molecule has 1 aromatic heterocycles. The summed E-state index contributed by atoms with van der Waals surface area (Å²) in [5.74, 6) is 2.60. The van der Waals surface area contributed by atoms with Gasteiger partial charge in [0.1, 0.15) is 5.75 Å². The summed E-state index contributed by atoms with van der Waals surface area (Å²) in [6.45, 7) is 5.48. The summed E-state index contributed by atoms with van der Waals surface area (Å²) in [7, 11) is 0. The Morgan fingerprint density at radius 3 is 3.17 bits per heavy atom. The van der Waals surface area contributed by atoms with Crippen LogP contribution in [0.2, 0.25) is 0 Å². The van der Waals surface area contributed by atoms with Gasteiger partial charge in [0, 0.05) is 10.8 Å². The van der Waals surface area contributed by atoms with E-state index in [1.807, 2.05) is 11.3 Å². The molecular weight excluding hydrogens is 168 g/mol. The molecule has 1 atom stereocenters. The highest BCUT2D eigenvalue weighted by atomic mass is 32.1. The first kappa shape index (κ1) is 8.11. The monoisotopic (exact) mass is 182 g/mol. The lowest BCUT2D eigenvalue weighted by Crippen LogP contribution is -2.16. The number of fused-ring (bicyclic) bond motifs is 1. The van der Waals surface area contributed by atoms with Gasteiger partial charge in [-0.25, -0.2) is 0 Å². The predicted octanol–water partition coefficient (Wildman–Crippen LogP) is 3.27. The Balaban J connectivity index is 2.31.